The van der Waals surface area contributed by atoms with E-state index in [4.69, 9.17) is 10.3 Å². The molecule has 0 spiro atoms. The van der Waals surface area contributed by atoms with Gasteiger partial charge in [0, 0.05) is 6.07 Å². The van der Waals surface area contributed by atoms with Crippen LogP contribution in [0.4, 0.5) is 28.6 Å². The molecule has 1 rings (SSSR count). The van der Waals surface area contributed by atoms with E-state index in [-0.39, 0.29) is 11.4 Å². The minimum atomic E-state index is -6.00. The number of hydrogen-bond acceptors (Lipinski definition) is 4. The van der Waals surface area contributed by atoms with Gasteiger partial charge in [0.25, 0.3) is 5.69 Å². The van der Waals surface area contributed by atoms with Crippen molar-refractivity contribution in [3.63, 3.8) is 0 Å². The van der Waals surface area contributed by atoms with Crippen molar-refractivity contribution >= 4 is 18.6 Å². The fourth-order valence-corrected chi connectivity index (χ4v) is 0.887. The van der Waals surface area contributed by atoms with E-state index in [2.05, 4.69) is 5.11 Å². The van der Waals surface area contributed by atoms with Crippen molar-refractivity contribution in [2.45, 2.75) is 0 Å². The number of rotatable bonds is 3. The second-order valence-corrected chi connectivity index (χ2v) is 2.74. The normalized spacial score (nSPS) is 10.1. The zero-order chi connectivity index (χ0) is 14.3. The summed E-state index contributed by atoms with van der Waals surface area (Å²) in [6, 6.07) is 4.01. The summed E-state index contributed by atoms with van der Waals surface area (Å²) in [5.74, 6) is 0.289. The van der Waals surface area contributed by atoms with Crippen molar-refractivity contribution in [2.24, 2.45) is 5.11 Å². The smallest absolute Gasteiger partial charge is 0.494 e. The van der Waals surface area contributed by atoms with Crippen LogP contribution < -0.4 is 10.3 Å². The highest BCUT2D eigenvalue weighted by Crippen LogP contribution is 2.30. The Hall–Kier alpha value is -2.20. The number of nitrogens with zero attached hydrogens (tertiary/aromatic N) is 2. The molecule has 0 atom stereocenters. The first-order chi connectivity index (χ1) is 8.19. The maximum Gasteiger partial charge on any atom is 0.673 e. The molecule has 18 heavy (non-hydrogen) atoms. The molecule has 1 aromatic carbocycles. The summed E-state index contributed by atoms with van der Waals surface area (Å²) in [6.07, 6.45) is 0. The van der Waals surface area contributed by atoms with Crippen LogP contribution in [0.3, 0.4) is 0 Å². The Morgan fingerprint density at radius 1 is 1.39 bits per heavy atom. The van der Waals surface area contributed by atoms with E-state index in [1.165, 1.54) is 25.3 Å². The first kappa shape index (κ1) is 15.8. The van der Waals surface area contributed by atoms with Gasteiger partial charge in [0.05, 0.1) is 18.1 Å². The third-order valence-corrected chi connectivity index (χ3v) is 1.51. The van der Waals surface area contributed by atoms with Gasteiger partial charge in [-0.3, -0.25) is 10.1 Å². The number of nitro benzene ring substituents is 1. The van der Waals surface area contributed by atoms with Crippen LogP contribution in [0, 0.1) is 10.1 Å². The van der Waals surface area contributed by atoms with E-state index in [1.807, 2.05) is 0 Å². The summed E-state index contributed by atoms with van der Waals surface area (Å²) in [6.45, 7) is 0. The molecule has 0 bridgehead atoms. The van der Waals surface area contributed by atoms with Gasteiger partial charge in [-0.05, 0) is 11.2 Å². The summed E-state index contributed by atoms with van der Waals surface area (Å²) in [5.41, 5.74) is 5.36. The predicted molar refractivity (Wildman–Crippen MR) is 53.8 cm³/mol. The van der Waals surface area contributed by atoms with Crippen molar-refractivity contribution in [3.05, 3.63) is 28.3 Å². The second kappa shape index (κ2) is 6.52. The molecule has 100 valence electrons. The highest BCUT2D eigenvalue weighted by atomic mass is 19.5. The van der Waals surface area contributed by atoms with E-state index >= 15 is 0 Å². The summed E-state index contributed by atoms with van der Waals surface area (Å²) < 4.78 is 43.8. The molecule has 0 amide bonds. The lowest BCUT2D eigenvalue weighted by molar-refractivity contribution is -0.384. The fourth-order valence-electron chi connectivity index (χ4n) is 0.887. The van der Waals surface area contributed by atoms with Gasteiger partial charge in [0.1, 0.15) is 0 Å². The largest absolute Gasteiger partial charge is 0.673 e. The lowest BCUT2D eigenvalue weighted by atomic mass is 10.2. The Morgan fingerprint density at radius 2 is 1.89 bits per heavy atom. The second-order valence-electron chi connectivity index (χ2n) is 2.74. The first-order valence-electron chi connectivity index (χ1n) is 4.29. The molecular formula is C7H8BF4N3O3. The average Bonchev–Trinajstić information content (AvgIpc) is 2.25. The molecule has 0 heterocycles. The Morgan fingerprint density at radius 3 is 2.22 bits per heavy atom. The molecule has 11 heteroatoms. The zero-order valence-electron chi connectivity index (χ0n) is 9.02. The topological polar surface area (TPSA) is 90.3 Å². The Bertz CT molecular complexity index is 434. The number of halogens is 4. The van der Waals surface area contributed by atoms with Gasteiger partial charge in [-0.2, -0.15) is 5.53 Å². The van der Waals surface area contributed by atoms with Gasteiger partial charge in [-0.15, -0.1) is 0 Å². The van der Waals surface area contributed by atoms with Crippen LogP contribution in [0.1, 0.15) is 0 Å². The van der Waals surface area contributed by atoms with Crippen molar-refractivity contribution in [3.8, 4) is 5.75 Å². The Kier molecular flexibility index (Phi) is 5.72. The van der Waals surface area contributed by atoms with Crippen LogP contribution in [-0.4, -0.2) is 19.3 Å². The molecule has 0 unspecified atom stereocenters. The van der Waals surface area contributed by atoms with Crippen LogP contribution in [-0.2, 0) is 0 Å². The number of ether oxygens (including phenoxy) is 1. The van der Waals surface area contributed by atoms with Gasteiger partial charge in [-0.1, -0.05) is 0 Å². The molecule has 2 N–H and O–H groups in total. The van der Waals surface area contributed by atoms with Crippen molar-refractivity contribution in [1.29, 1.82) is 0 Å². The molecule has 0 saturated carbocycles. The van der Waals surface area contributed by atoms with Crippen LogP contribution in [0.5, 0.6) is 5.75 Å². The standard InChI is InChI=1S/C7H7N3O3.BF4/c1-13-7-4-5(10(11)12)2-3-6(7)9-8;2-1(3,4)5/h2-4,8H,1H3;/q;-1/p+1. The lowest BCUT2D eigenvalue weighted by Crippen LogP contribution is -2.22. The first-order valence-corrected chi connectivity index (χ1v) is 4.29. The minimum Gasteiger partial charge on any atom is -0.494 e. The number of nitrogens with two attached hydrogens (primary N) is 1. The fraction of sp³-hybridized carbons (Fsp3) is 0.143. The van der Waals surface area contributed by atoms with Crippen LogP contribution in [0.15, 0.2) is 23.3 Å². The average molecular weight is 269 g/mol. The van der Waals surface area contributed by atoms with Crippen molar-refractivity contribution in [1.82, 2.24) is 0 Å². The van der Waals surface area contributed by atoms with Crippen LogP contribution in [0.25, 0.3) is 0 Å². The van der Waals surface area contributed by atoms with Crippen molar-refractivity contribution in [2.75, 3.05) is 7.11 Å². The van der Waals surface area contributed by atoms with Gasteiger partial charge in [-0.25, -0.2) is 0 Å². The van der Waals surface area contributed by atoms with E-state index < -0.39 is 12.2 Å². The number of non-ortho nitro benzene ring substituents is 1. The number of benzene rings is 1. The maximum atomic E-state index is 10.4. The molecule has 0 aliphatic carbocycles. The molecule has 1 aromatic rings. The highest BCUT2D eigenvalue weighted by molar-refractivity contribution is 6.50. The van der Waals surface area contributed by atoms with Gasteiger partial charge < -0.3 is 22.0 Å². The molecular weight excluding hydrogens is 261 g/mol. The van der Waals surface area contributed by atoms with E-state index in [1.54, 1.807) is 0 Å². The summed E-state index contributed by atoms with van der Waals surface area (Å²) in [4.78, 5) is 9.85. The summed E-state index contributed by atoms with van der Waals surface area (Å²) in [7, 11) is -4.60. The Balaban J connectivity index is 0.000000494. The minimum absolute atomic E-state index is 0.0516. The van der Waals surface area contributed by atoms with E-state index in [9.17, 15) is 27.4 Å². The lowest BCUT2D eigenvalue weighted by Gasteiger charge is -1.99. The molecule has 0 aliphatic rings. The predicted octanol–water partition coefficient (Wildman–Crippen LogP) is 1.75. The van der Waals surface area contributed by atoms with Gasteiger partial charge in [0.15, 0.2) is 11.4 Å². The quantitative estimate of drug-likeness (QED) is 0.298. The monoisotopic (exact) mass is 269 g/mol. The number of nitro groups is 1. The van der Waals surface area contributed by atoms with Gasteiger partial charge in [0.2, 0.25) is 0 Å². The summed E-state index contributed by atoms with van der Waals surface area (Å²) >= 11 is 0. The molecule has 0 radical (unpaired) electrons. The Labute approximate surface area is 98.3 Å². The van der Waals surface area contributed by atoms with Gasteiger partial charge >= 0.3 is 7.25 Å². The molecule has 6 nitrogen and oxygen atoms in total. The van der Waals surface area contributed by atoms with E-state index in [0.717, 1.165) is 0 Å². The van der Waals surface area contributed by atoms with E-state index in [0.29, 0.717) is 5.69 Å². The molecule has 0 aromatic heterocycles. The van der Waals surface area contributed by atoms with Crippen LogP contribution in [0.2, 0.25) is 0 Å². The van der Waals surface area contributed by atoms with Crippen molar-refractivity contribution < 1.29 is 32.5 Å². The molecule has 0 aliphatic heterocycles. The molecule has 0 saturated heterocycles. The third-order valence-electron chi connectivity index (χ3n) is 1.51. The number of hydrogen-bond donors (Lipinski definition) is 1. The van der Waals surface area contributed by atoms with Crippen LogP contribution >= 0.6 is 0 Å². The third kappa shape index (κ3) is 6.40. The summed E-state index contributed by atoms with van der Waals surface area (Å²) in [5, 5.41) is 13.8. The molecule has 0 fully saturated rings. The number of methoxy groups -OCH3 is 1. The SMILES string of the molecule is COc1cc([N+](=O)[O-])ccc1N=[NH2+].F[B-](F)(F)F. The highest BCUT2D eigenvalue weighted by Gasteiger charge is 2.20. The maximum absolute atomic E-state index is 10.4. The zero-order valence-corrected chi connectivity index (χ0v) is 9.02.